The molecule has 1 saturated carbocycles. The van der Waals surface area contributed by atoms with Gasteiger partial charge in [0, 0.05) is 12.6 Å². The molecule has 1 fully saturated rings. The van der Waals surface area contributed by atoms with Crippen molar-refractivity contribution in [3.05, 3.63) is 0 Å². The lowest BCUT2D eigenvalue weighted by molar-refractivity contribution is -0.132. The molecule has 1 aliphatic rings. The van der Waals surface area contributed by atoms with Crippen LogP contribution in [0.5, 0.6) is 0 Å². The van der Waals surface area contributed by atoms with Gasteiger partial charge in [0.25, 0.3) is 0 Å². The van der Waals surface area contributed by atoms with E-state index >= 15 is 0 Å². The maximum absolute atomic E-state index is 11.8. The van der Waals surface area contributed by atoms with Gasteiger partial charge in [0.1, 0.15) is 0 Å². The zero-order chi connectivity index (χ0) is 12.9. The highest BCUT2D eigenvalue weighted by atomic mass is 32.2. The average molecular weight is 274 g/mol. The second-order valence-corrected chi connectivity index (χ2v) is 6.09. The predicted octanol–water partition coefficient (Wildman–Crippen LogP) is 1.00. The third-order valence-corrected chi connectivity index (χ3v) is 3.80. The molecular weight excluding hydrogens is 257 g/mol. The third kappa shape index (κ3) is 8.39. The molecule has 1 aliphatic carbocycles. The molecule has 0 saturated heterocycles. The van der Waals surface area contributed by atoms with Gasteiger partial charge in [0.05, 0.1) is 12.2 Å². The number of hydrogen-bond donors (Lipinski definition) is 2. The minimum Gasteiger partial charge on any atom is -0.314 e. The van der Waals surface area contributed by atoms with Gasteiger partial charge in [-0.05, 0) is 25.8 Å². The van der Waals surface area contributed by atoms with E-state index in [1.807, 2.05) is 4.72 Å². The van der Waals surface area contributed by atoms with Crippen LogP contribution in [0.4, 0.5) is 13.2 Å². The van der Waals surface area contributed by atoms with Crippen LogP contribution in [0.15, 0.2) is 0 Å². The fraction of sp³-hybridized carbons (Fsp3) is 1.00. The van der Waals surface area contributed by atoms with Crippen LogP contribution in [0.3, 0.4) is 0 Å². The average Bonchev–Trinajstić information content (AvgIpc) is 2.93. The molecule has 0 heterocycles. The lowest BCUT2D eigenvalue weighted by Gasteiger charge is -2.08. The second-order valence-electron chi connectivity index (χ2n) is 4.16. The van der Waals surface area contributed by atoms with E-state index in [-0.39, 0.29) is 5.75 Å². The first-order valence-corrected chi connectivity index (χ1v) is 7.21. The van der Waals surface area contributed by atoms with Gasteiger partial charge in [-0.25, -0.2) is 13.1 Å². The standard InChI is InChI=1S/C9H17F3N2O2S/c10-9(11,12)4-6-14-17(15,16)7-1-5-13-8-2-3-8/h8,13-14H,1-7H2. The molecule has 102 valence electrons. The zero-order valence-corrected chi connectivity index (χ0v) is 10.2. The highest BCUT2D eigenvalue weighted by molar-refractivity contribution is 7.89. The number of alkyl halides is 3. The third-order valence-electron chi connectivity index (χ3n) is 2.33. The Morgan fingerprint density at radius 3 is 2.35 bits per heavy atom. The summed E-state index contributed by atoms with van der Waals surface area (Å²) in [7, 11) is -3.57. The Balaban J connectivity index is 2.07. The predicted molar refractivity (Wildman–Crippen MR) is 58.1 cm³/mol. The first-order chi connectivity index (χ1) is 7.79. The first kappa shape index (κ1) is 14.7. The Labute approximate surface area is 99.0 Å². The van der Waals surface area contributed by atoms with Crippen molar-refractivity contribution in [2.75, 3.05) is 18.8 Å². The molecule has 0 unspecified atom stereocenters. The van der Waals surface area contributed by atoms with Crippen molar-refractivity contribution in [1.82, 2.24) is 10.0 Å². The molecule has 0 bridgehead atoms. The van der Waals surface area contributed by atoms with Crippen LogP contribution in [0, 0.1) is 0 Å². The van der Waals surface area contributed by atoms with Crippen molar-refractivity contribution in [1.29, 1.82) is 0 Å². The molecule has 17 heavy (non-hydrogen) atoms. The number of rotatable bonds is 8. The van der Waals surface area contributed by atoms with Crippen LogP contribution in [0.25, 0.3) is 0 Å². The van der Waals surface area contributed by atoms with Gasteiger partial charge in [0.15, 0.2) is 0 Å². The number of halogens is 3. The van der Waals surface area contributed by atoms with Crippen molar-refractivity contribution in [2.24, 2.45) is 0 Å². The van der Waals surface area contributed by atoms with E-state index in [1.54, 1.807) is 0 Å². The van der Waals surface area contributed by atoms with E-state index in [2.05, 4.69) is 5.32 Å². The van der Waals surface area contributed by atoms with Crippen LogP contribution in [-0.4, -0.2) is 39.5 Å². The SMILES string of the molecule is O=S(=O)(CCCNC1CC1)NCCC(F)(F)F. The summed E-state index contributed by atoms with van der Waals surface area (Å²) >= 11 is 0. The van der Waals surface area contributed by atoms with Gasteiger partial charge >= 0.3 is 6.18 Å². The highest BCUT2D eigenvalue weighted by Gasteiger charge is 2.27. The Morgan fingerprint density at radius 1 is 1.18 bits per heavy atom. The highest BCUT2D eigenvalue weighted by Crippen LogP contribution is 2.19. The Hall–Kier alpha value is -0.340. The normalized spacial score (nSPS) is 17.4. The van der Waals surface area contributed by atoms with E-state index in [1.165, 1.54) is 0 Å². The van der Waals surface area contributed by atoms with E-state index in [0.29, 0.717) is 19.0 Å². The molecule has 0 aromatic heterocycles. The van der Waals surface area contributed by atoms with Gasteiger partial charge in [-0.15, -0.1) is 0 Å². The molecule has 0 radical (unpaired) electrons. The van der Waals surface area contributed by atoms with Crippen LogP contribution < -0.4 is 10.0 Å². The lowest BCUT2D eigenvalue weighted by atomic mass is 10.4. The maximum Gasteiger partial charge on any atom is 0.390 e. The van der Waals surface area contributed by atoms with Gasteiger partial charge in [-0.1, -0.05) is 0 Å². The Morgan fingerprint density at radius 2 is 1.82 bits per heavy atom. The summed E-state index contributed by atoms with van der Waals surface area (Å²) in [6.45, 7) is 0.00668. The largest absolute Gasteiger partial charge is 0.390 e. The monoisotopic (exact) mass is 274 g/mol. The second kappa shape index (κ2) is 6.01. The van der Waals surface area contributed by atoms with Gasteiger partial charge in [-0.3, -0.25) is 0 Å². The topological polar surface area (TPSA) is 58.2 Å². The van der Waals surface area contributed by atoms with Crippen molar-refractivity contribution < 1.29 is 21.6 Å². The Kier molecular flexibility index (Phi) is 5.21. The van der Waals surface area contributed by atoms with Crippen LogP contribution >= 0.6 is 0 Å². The van der Waals surface area contributed by atoms with Crippen LogP contribution in [-0.2, 0) is 10.0 Å². The summed E-state index contributed by atoms with van der Waals surface area (Å²) < 4.78 is 59.8. The zero-order valence-electron chi connectivity index (χ0n) is 9.39. The summed E-state index contributed by atoms with van der Waals surface area (Å²) in [5.74, 6) is -0.134. The molecule has 0 aromatic rings. The molecule has 0 aromatic carbocycles. The molecule has 0 spiro atoms. The minimum absolute atomic E-state index is 0.134. The molecule has 0 amide bonds. The number of sulfonamides is 1. The summed E-state index contributed by atoms with van der Waals surface area (Å²) in [4.78, 5) is 0. The fourth-order valence-electron chi connectivity index (χ4n) is 1.28. The lowest BCUT2D eigenvalue weighted by Crippen LogP contribution is -2.31. The molecule has 0 atom stereocenters. The molecule has 4 nitrogen and oxygen atoms in total. The first-order valence-electron chi connectivity index (χ1n) is 5.56. The summed E-state index contributed by atoms with van der Waals surface area (Å²) in [5, 5.41) is 3.14. The van der Waals surface area contributed by atoms with E-state index in [4.69, 9.17) is 0 Å². The van der Waals surface area contributed by atoms with Crippen LogP contribution in [0.2, 0.25) is 0 Å². The fourth-order valence-corrected chi connectivity index (χ4v) is 2.36. The maximum atomic E-state index is 11.8. The summed E-state index contributed by atoms with van der Waals surface area (Å²) in [6.07, 6.45) is -2.80. The van der Waals surface area contributed by atoms with E-state index in [0.717, 1.165) is 12.8 Å². The molecule has 8 heteroatoms. The smallest absolute Gasteiger partial charge is 0.314 e. The van der Waals surface area contributed by atoms with Gasteiger partial charge < -0.3 is 5.32 Å². The molecule has 0 aliphatic heterocycles. The van der Waals surface area contributed by atoms with E-state index in [9.17, 15) is 21.6 Å². The van der Waals surface area contributed by atoms with Gasteiger partial charge in [0.2, 0.25) is 10.0 Å². The summed E-state index contributed by atoms with van der Waals surface area (Å²) in [5.41, 5.74) is 0. The quantitative estimate of drug-likeness (QED) is 0.649. The van der Waals surface area contributed by atoms with Crippen molar-refractivity contribution >= 4 is 10.0 Å². The van der Waals surface area contributed by atoms with Crippen LogP contribution in [0.1, 0.15) is 25.7 Å². The summed E-state index contributed by atoms with van der Waals surface area (Å²) in [6, 6.07) is 0.510. The van der Waals surface area contributed by atoms with Gasteiger partial charge in [-0.2, -0.15) is 13.2 Å². The number of hydrogen-bond acceptors (Lipinski definition) is 3. The minimum atomic E-state index is -4.32. The number of nitrogens with one attached hydrogen (secondary N) is 2. The van der Waals surface area contributed by atoms with Crippen molar-refractivity contribution in [3.8, 4) is 0 Å². The molecular formula is C9H17F3N2O2S. The Bertz CT molecular complexity index is 326. The molecule has 1 rings (SSSR count). The molecule has 2 N–H and O–H groups in total. The van der Waals surface area contributed by atoms with Crippen molar-refractivity contribution in [3.63, 3.8) is 0 Å². The van der Waals surface area contributed by atoms with Crippen molar-refractivity contribution in [2.45, 2.75) is 37.9 Å². The van der Waals surface area contributed by atoms with E-state index < -0.39 is 29.2 Å².